The van der Waals surface area contributed by atoms with Crippen molar-refractivity contribution in [3.63, 3.8) is 0 Å². The van der Waals surface area contributed by atoms with Crippen molar-refractivity contribution < 1.29 is 14.7 Å². The Balaban J connectivity index is 2.57. The molecule has 19 heavy (non-hydrogen) atoms. The predicted octanol–water partition coefficient (Wildman–Crippen LogP) is 2.57. The second-order valence-electron chi connectivity index (χ2n) is 3.56. The van der Waals surface area contributed by atoms with E-state index in [1.807, 2.05) is 0 Å². The molecule has 0 saturated carbocycles. The number of amides is 2. The van der Waals surface area contributed by atoms with Gasteiger partial charge >= 0.3 is 12.0 Å². The number of anilines is 1. The normalized spacial score (nSPS) is 9.16. The number of hydrogen-bond acceptors (Lipinski definition) is 2. The maximum atomic E-state index is 11.5. The molecule has 6 heteroatoms. The van der Waals surface area contributed by atoms with Gasteiger partial charge in [0.15, 0.2) is 0 Å². The van der Waals surface area contributed by atoms with Crippen LogP contribution in [0.4, 0.5) is 10.5 Å². The molecule has 1 aromatic rings. The number of urea groups is 1. The maximum Gasteiger partial charge on any atom is 0.337 e. The Labute approximate surface area is 116 Å². The predicted molar refractivity (Wildman–Crippen MR) is 73.5 cm³/mol. The number of hydrogen-bond donors (Lipinski definition) is 3. The Morgan fingerprint density at radius 3 is 2.74 bits per heavy atom. The van der Waals surface area contributed by atoms with E-state index in [9.17, 15) is 9.59 Å². The Hall–Kier alpha value is -2.19. The number of aromatic carboxylic acids is 1. The molecule has 0 aliphatic heterocycles. The Bertz CT molecular complexity index is 547. The minimum Gasteiger partial charge on any atom is -0.478 e. The van der Waals surface area contributed by atoms with Gasteiger partial charge in [-0.1, -0.05) is 11.6 Å². The molecule has 3 N–H and O–H groups in total. The van der Waals surface area contributed by atoms with E-state index < -0.39 is 12.0 Å². The van der Waals surface area contributed by atoms with Gasteiger partial charge in [-0.25, -0.2) is 9.59 Å². The molecule has 0 fully saturated rings. The van der Waals surface area contributed by atoms with Crippen LogP contribution in [0.5, 0.6) is 0 Å². The second-order valence-corrected chi connectivity index (χ2v) is 3.96. The van der Waals surface area contributed by atoms with E-state index in [0.717, 1.165) is 0 Å². The highest BCUT2D eigenvalue weighted by atomic mass is 35.5. The number of halogens is 1. The van der Waals surface area contributed by atoms with Gasteiger partial charge in [-0.2, -0.15) is 0 Å². The third-order valence-electron chi connectivity index (χ3n) is 2.17. The number of carboxylic acid groups (broad SMARTS) is 1. The van der Waals surface area contributed by atoms with Crippen molar-refractivity contribution >= 4 is 29.3 Å². The third-order valence-corrected chi connectivity index (χ3v) is 2.48. The molecule has 0 radical (unpaired) electrons. The van der Waals surface area contributed by atoms with Crippen LogP contribution >= 0.6 is 11.6 Å². The lowest BCUT2D eigenvalue weighted by atomic mass is 10.2. The van der Waals surface area contributed by atoms with Crippen LogP contribution in [0.25, 0.3) is 0 Å². The second kappa shape index (κ2) is 7.29. The molecule has 0 aliphatic rings. The minimum absolute atomic E-state index is 0.00848. The summed E-state index contributed by atoms with van der Waals surface area (Å²) in [6.07, 6.45) is 0.572. The number of carbonyl (C=O) groups excluding carboxylic acids is 1. The number of benzene rings is 1. The molecule has 2 amide bonds. The Morgan fingerprint density at radius 2 is 2.16 bits per heavy atom. The molecular formula is C13H13ClN2O3. The van der Waals surface area contributed by atoms with Gasteiger partial charge in [-0.15, -0.1) is 11.8 Å². The fourth-order valence-corrected chi connectivity index (χ4v) is 1.57. The molecule has 1 aromatic carbocycles. The van der Waals surface area contributed by atoms with E-state index in [4.69, 9.17) is 16.7 Å². The van der Waals surface area contributed by atoms with Crippen LogP contribution in [-0.2, 0) is 0 Å². The van der Waals surface area contributed by atoms with Crippen molar-refractivity contribution in [1.29, 1.82) is 0 Å². The molecule has 0 bridgehead atoms. The summed E-state index contributed by atoms with van der Waals surface area (Å²) in [5.74, 6) is 4.43. The highest BCUT2D eigenvalue weighted by molar-refractivity contribution is 6.33. The van der Waals surface area contributed by atoms with E-state index >= 15 is 0 Å². The number of carbonyl (C=O) groups is 2. The fraction of sp³-hybridized carbons (Fsp3) is 0.231. The zero-order valence-corrected chi connectivity index (χ0v) is 11.0. The molecule has 0 heterocycles. The first-order valence-corrected chi connectivity index (χ1v) is 5.89. The van der Waals surface area contributed by atoms with Crippen LogP contribution in [-0.4, -0.2) is 23.7 Å². The summed E-state index contributed by atoms with van der Waals surface area (Å²) in [6, 6.07) is 3.80. The molecule has 5 nitrogen and oxygen atoms in total. The van der Waals surface area contributed by atoms with Gasteiger partial charge in [-0.3, -0.25) is 0 Å². The summed E-state index contributed by atoms with van der Waals surface area (Å²) >= 11 is 5.78. The number of nitrogens with one attached hydrogen (secondary N) is 2. The van der Waals surface area contributed by atoms with Gasteiger partial charge in [0.25, 0.3) is 0 Å². The van der Waals surface area contributed by atoms with Crippen LogP contribution in [0.3, 0.4) is 0 Å². The fourth-order valence-electron chi connectivity index (χ4n) is 1.31. The number of carboxylic acids is 1. The Kier molecular flexibility index (Phi) is 5.71. The van der Waals surface area contributed by atoms with Gasteiger partial charge in [-0.05, 0) is 25.1 Å². The summed E-state index contributed by atoms with van der Waals surface area (Å²) < 4.78 is 0. The van der Waals surface area contributed by atoms with Gasteiger partial charge in [0, 0.05) is 18.7 Å². The van der Waals surface area contributed by atoms with Gasteiger partial charge < -0.3 is 15.7 Å². The minimum atomic E-state index is -1.11. The molecule has 100 valence electrons. The molecule has 0 atom stereocenters. The quantitative estimate of drug-likeness (QED) is 0.586. The maximum absolute atomic E-state index is 11.5. The highest BCUT2D eigenvalue weighted by Gasteiger charge is 2.09. The van der Waals surface area contributed by atoms with Crippen LogP contribution < -0.4 is 10.6 Å². The van der Waals surface area contributed by atoms with E-state index in [-0.39, 0.29) is 10.6 Å². The SMILES string of the molecule is CC#CCCNC(=O)Nc1ccc(C(=O)O)c(Cl)c1. The topological polar surface area (TPSA) is 78.4 Å². The zero-order chi connectivity index (χ0) is 14.3. The van der Waals surface area contributed by atoms with Gasteiger partial charge in [0.2, 0.25) is 0 Å². The van der Waals surface area contributed by atoms with E-state index in [1.165, 1.54) is 18.2 Å². The van der Waals surface area contributed by atoms with Crippen LogP contribution in [0.15, 0.2) is 18.2 Å². The van der Waals surface area contributed by atoms with Crippen molar-refractivity contribution in [2.24, 2.45) is 0 Å². The third kappa shape index (κ3) is 4.90. The molecule has 1 rings (SSSR count). The van der Waals surface area contributed by atoms with Gasteiger partial charge in [0.1, 0.15) is 0 Å². The lowest BCUT2D eigenvalue weighted by molar-refractivity contribution is 0.0697. The van der Waals surface area contributed by atoms with Crippen molar-refractivity contribution in [2.75, 3.05) is 11.9 Å². The molecule has 0 aromatic heterocycles. The first-order chi connectivity index (χ1) is 9.04. The average molecular weight is 281 g/mol. The Morgan fingerprint density at radius 1 is 1.42 bits per heavy atom. The summed E-state index contributed by atoms with van der Waals surface area (Å²) in [4.78, 5) is 22.2. The van der Waals surface area contributed by atoms with Crippen molar-refractivity contribution in [1.82, 2.24) is 5.32 Å². The first-order valence-electron chi connectivity index (χ1n) is 5.52. The van der Waals surface area contributed by atoms with Crippen molar-refractivity contribution in [3.05, 3.63) is 28.8 Å². The first kappa shape index (κ1) is 14.9. The van der Waals surface area contributed by atoms with E-state index in [2.05, 4.69) is 22.5 Å². The van der Waals surface area contributed by atoms with Gasteiger partial charge in [0.05, 0.1) is 10.6 Å². The molecule has 0 spiro atoms. The van der Waals surface area contributed by atoms with E-state index in [0.29, 0.717) is 18.7 Å². The largest absolute Gasteiger partial charge is 0.478 e. The summed E-state index contributed by atoms with van der Waals surface area (Å²) in [5.41, 5.74) is 0.417. The average Bonchev–Trinajstić information content (AvgIpc) is 2.34. The summed E-state index contributed by atoms with van der Waals surface area (Å²) in [6.45, 7) is 2.17. The molecule has 0 unspecified atom stereocenters. The smallest absolute Gasteiger partial charge is 0.337 e. The molecule has 0 saturated heterocycles. The summed E-state index contributed by atoms with van der Waals surface area (Å²) in [5, 5.41) is 14.0. The van der Waals surface area contributed by atoms with Crippen LogP contribution in [0.2, 0.25) is 5.02 Å². The van der Waals surface area contributed by atoms with Crippen molar-refractivity contribution in [2.45, 2.75) is 13.3 Å². The highest BCUT2D eigenvalue weighted by Crippen LogP contribution is 2.20. The molecular weight excluding hydrogens is 268 g/mol. The van der Waals surface area contributed by atoms with Crippen LogP contribution in [0, 0.1) is 11.8 Å². The lowest BCUT2D eigenvalue weighted by Gasteiger charge is -2.07. The van der Waals surface area contributed by atoms with E-state index in [1.54, 1.807) is 6.92 Å². The summed E-state index contributed by atoms with van der Waals surface area (Å²) in [7, 11) is 0. The monoisotopic (exact) mass is 280 g/mol. The van der Waals surface area contributed by atoms with Crippen LogP contribution in [0.1, 0.15) is 23.7 Å². The number of rotatable bonds is 4. The molecule has 0 aliphatic carbocycles. The van der Waals surface area contributed by atoms with Crippen molar-refractivity contribution in [3.8, 4) is 11.8 Å². The lowest BCUT2D eigenvalue weighted by Crippen LogP contribution is -2.29. The zero-order valence-electron chi connectivity index (χ0n) is 10.3. The standard InChI is InChI=1S/C13H13ClN2O3/c1-2-3-4-7-15-13(19)16-9-5-6-10(12(17)18)11(14)8-9/h5-6,8H,4,7H2,1H3,(H,17,18)(H2,15,16,19).